The Morgan fingerprint density at radius 2 is 1.83 bits per heavy atom. The number of fused-ring (bicyclic) bond motifs is 1. The van der Waals surface area contributed by atoms with E-state index in [1.165, 1.54) is 17.9 Å². The molecular formula is C20H14F3NO5. The highest BCUT2D eigenvalue weighted by Gasteiger charge is 2.20. The lowest BCUT2D eigenvalue weighted by molar-refractivity contribution is -0.146. The third kappa shape index (κ3) is 3.66. The Bertz CT molecular complexity index is 1170. The molecule has 0 bridgehead atoms. The molecule has 0 aliphatic heterocycles. The van der Waals surface area contributed by atoms with Crippen molar-refractivity contribution in [3.63, 3.8) is 0 Å². The van der Waals surface area contributed by atoms with Crippen LogP contribution in [0.25, 0.3) is 16.7 Å². The van der Waals surface area contributed by atoms with Gasteiger partial charge in [-0.15, -0.1) is 0 Å². The predicted molar refractivity (Wildman–Crippen MR) is 97.2 cm³/mol. The van der Waals surface area contributed by atoms with Crippen molar-refractivity contribution in [3.05, 3.63) is 71.2 Å². The van der Waals surface area contributed by atoms with Crippen LogP contribution in [0.15, 0.2) is 42.6 Å². The average molecular weight is 405 g/mol. The molecule has 1 heterocycles. The first-order valence-electron chi connectivity index (χ1n) is 8.21. The quantitative estimate of drug-likeness (QED) is 0.283. The average Bonchev–Trinajstić information content (AvgIpc) is 3.07. The normalized spacial score (nSPS) is 11.7. The first-order valence-corrected chi connectivity index (χ1v) is 8.21. The molecule has 1 aromatic heterocycles. The monoisotopic (exact) mass is 405 g/mol. The minimum absolute atomic E-state index is 0.0510. The largest absolute Gasteiger partial charge is 0.507 e. The Morgan fingerprint density at radius 1 is 1.10 bits per heavy atom. The van der Waals surface area contributed by atoms with Crippen LogP contribution in [-0.4, -0.2) is 33.6 Å². The first-order chi connectivity index (χ1) is 13.7. The van der Waals surface area contributed by atoms with Gasteiger partial charge in [0, 0.05) is 23.4 Å². The van der Waals surface area contributed by atoms with Crippen molar-refractivity contribution < 1.29 is 37.7 Å². The number of aromatic nitrogens is 1. The zero-order chi connectivity index (χ0) is 21.3. The molecule has 2 aromatic carbocycles. The minimum Gasteiger partial charge on any atom is -0.507 e. The molecule has 29 heavy (non-hydrogen) atoms. The highest BCUT2D eigenvalue weighted by atomic mass is 19.2. The molecule has 0 atom stereocenters. The number of carbonyl (C=O) groups excluding carboxylic acids is 1. The molecular weight excluding hydrogens is 391 g/mol. The lowest BCUT2D eigenvalue weighted by atomic mass is 10.1. The number of ether oxygens (including phenoxy) is 1. The maximum atomic E-state index is 14.1. The van der Waals surface area contributed by atoms with Crippen LogP contribution in [0.1, 0.15) is 11.1 Å². The fraction of sp³-hybridized carbons (Fsp3) is 0.100. The molecule has 150 valence electrons. The van der Waals surface area contributed by atoms with Gasteiger partial charge in [-0.2, -0.15) is 0 Å². The molecule has 6 nitrogen and oxygen atoms in total. The summed E-state index contributed by atoms with van der Waals surface area (Å²) in [6, 6.07) is 6.67. The number of aliphatic hydroxyl groups is 1. The summed E-state index contributed by atoms with van der Waals surface area (Å²) in [7, 11) is 1.37. The van der Waals surface area contributed by atoms with E-state index in [4.69, 9.17) is 9.84 Å². The van der Waals surface area contributed by atoms with Gasteiger partial charge in [0.25, 0.3) is 5.78 Å². The van der Waals surface area contributed by atoms with E-state index >= 15 is 0 Å². The van der Waals surface area contributed by atoms with Gasteiger partial charge in [0.2, 0.25) is 0 Å². The van der Waals surface area contributed by atoms with Crippen LogP contribution >= 0.6 is 0 Å². The fourth-order valence-electron chi connectivity index (χ4n) is 2.95. The summed E-state index contributed by atoms with van der Waals surface area (Å²) in [5.74, 6) is -7.72. The molecule has 9 heteroatoms. The van der Waals surface area contributed by atoms with Gasteiger partial charge in [0.05, 0.1) is 24.6 Å². The molecule has 0 saturated carbocycles. The standard InChI is InChI=1S/C20H14F3NO5/c1-29-16-4-2-3-13-17(16)11(14(25)7-15(26)20(27)28)9-24(13)8-10-5-6-12(21)19(23)18(10)22/h2-7,9,25H,8H2,1H3,(H,27,28)/b14-7+. The molecule has 0 aliphatic carbocycles. The number of benzene rings is 2. The maximum absolute atomic E-state index is 14.1. The van der Waals surface area contributed by atoms with E-state index in [-0.39, 0.29) is 17.7 Å². The molecule has 2 N–H and O–H groups in total. The highest BCUT2D eigenvalue weighted by Crippen LogP contribution is 2.34. The number of nitrogens with zero attached hydrogens (tertiary/aromatic N) is 1. The number of hydrogen-bond donors (Lipinski definition) is 2. The number of aliphatic carboxylic acids is 1. The van der Waals surface area contributed by atoms with Crippen molar-refractivity contribution in [1.82, 2.24) is 4.57 Å². The van der Waals surface area contributed by atoms with Crippen LogP contribution in [0, 0.1) is 17.5 Å². The van der Waals surface area contributed by atoms with Crippen LogP contribution in [0.4, 0.5) is 13.2 Å². The second-order valence-electron chi connectivity index (χ2n) is 6.06. The molecule has 0 saturated heterocycles. The Labute approximate surface area is 162 Å². The van der Waals surface area contributed by atoms with Crippen LogP contribution in [0.5, 0.6) is 5.75 Å². The smallest absolute Gasteiger partial charge is 0.376 e. The molecule has 0 amide bonds. The molecule has 3 aromatic rings. The number of aliphatic hydroxyl groups excluding tert-OH is 1. The zero-order valence-electron chi connectivity index (χ0n) is 14.9. The lowest BCUT2D eigenvalue weighted by Crippen LogP contribution is -2.09. The maximum Gasteiger partial charge on any atom is 0.376 e. The van der Waals surface area contributed by atoms with Crippen molar-refractivity contribution in [2.24, 2.45) is 0 Å². The third-order valence-electron chi connectivity index (χ3n) is 4.30. The molecule has 0 aliphatic rings. The second-order valence-corrected chi connectivity index (χ2v) is 6.06. The van der Waals surface area contributed by atoms with E-state index in [9.17, 15) is 27.9 Å². The van der Waals surface area contributed by atoms with Gasteiger partial charge >= 0.3 is 5.97 Å². The summed E-state index contributed by atoms with van der Waals surface area (Å²) in [5.41, 5.74) is 0.321. The van der Waals surface area contributed by atoms with Gasteiger partial charge in [-0.05, 0) is 18.2 Å². The number of carboxylic acids is 1. The number of methoxy groups -OCH3 is 1. The number of halogens is 3. The number of hydrogen-bond acceptors (Lipinski definition) is 4. The molecule has 0 unspecified atom stereocenters. The van der Waals surface area contributed by atoms with Crippen molar-refractivity contribution in [3.8, 4) is 5.75 Å². The fourth-order valence-corrected chi connectivity index (χ4v) is 2.95. The number of ketones is 1. The van der Waals surface area contributed by atoms with Crippen molar-refractivity contribution in [2.45, 2.75) is 6.54 Å². The topological polar surface area (TPSA) is 88.8 Å². The van der Waals surface area contributed by atoms with Gasteiger partial charge in [-0.25, -0.2) is 18.0 Å². The van der Waals surface area contributed by atoms with Crippen molar-refractivity contribution >= 4 is 28.4 Å². The first kappa shape index (κ1) is 20.0. The van der Waals surface area contributed by atoms with E-state index in [0.717, 1.165) is 12.1 Å². The molecule has 0 radical (unpaired) electrons. The van der Waals surface area contributed by atoms with Crippen LogP contribution in [0.3, 0.4) is 0 Å². The van der Waals surface area contributed by atoms with Gasteiger partial charge < -0.3 is 19.5 Å². The molecule has 0 fully saturated rings. The third-order valence-corrected chi connectivity index (χ3v) is 4.30. The summed E-state index contributed by atoms with van der Waals surface area (Å²) in [6.45, 7) is -0.229. The SMILES string of the molecule is COc1cccc2c1c(/C(O)=C\C(=O)C(=O)O)cn2Cc1ccc(F)c(F)c1F. The molecule has 3 rings (SSSR count). The van der Waals surface area contributed by atoms with Crippen LogP contribution in [-0.2, 0) is 16.1 Å². The zero-order valence-corrected chi connectivity index (χ0v) is 14.9. The van der Waals surface area contributed by atoms with Gasteiger partial charge in [0.1, 0.15) is 11.5 Å². The second kappa shape index (κ2) is 7.70. The van der Waals surface area contributed by atoms with E-state index < -0.39 is 35.0 Å². The van der Waals surface area contributed by atoms with Gasteiger partial charge in [0.15, 0.2) is 17.5 Å². The van der Waals surface area contributed by atoms with Crippen molar-refractivity contribution in [1.29, 1.82) is 0 Å². The minimum atomic E-state index is -1.75. The number of carboxylic acid groups (broad SMARTS) is 1. The van der Waals surface area contributed by atoms with E-state index in [2.05, 4.69) is 0 Å². The summed E-state index contributed by atoms with van der Waals surface area (Å²) >= 11 is 0. The lowest BCUT2D eigenvalue weighted by Gasteiger charge is -2.08. The Hall–Kier alpha value is -3.75. The number of rotatable bonds is 6. The van der Waals surface area contributed by atoms with Crippen molar-refractivity contribution in [2.75, 3.05) is 7.11 Å². The van der Waals surface area contributed by atoms with E-state index in [1.54, 1.807) is 18.2 Å². The Kier molecular flexibility index (Phi) is 5.31. The van der Waals surface area contributed by atoms with Gasteiger partial charge in [-0.3, -0.25) is 4.79 Å². The number of carbonyl (C=O) groups is 2. The summed E-state index contributed by atoms with van der Waals surface area (Å²) < 4.78 is 47.5. The van der Waals surface area contributed by atoms with E-state index in [0.29, 0.717) is 22.7 Å². The summed E-state index contributed by atoms with van der Waals surface area (Å²) in [6.07, 6.45) is 1.86. The Morgan fingerprint density at radius 3 is 2.48 bits per heavy atom. The predicted octanol–water partition coefficient (Wildman–Crippen LogP) is 3.67. The highest BCUT2D eigenvalue weighted by molar-refractivity contribution is 6.38. The van der Waals surface area contributed by atoms with Crippen LogP contribution in [0.2, 0.25) is 0 Å². The Balaban J connectivity index is 2.19. The summed E-state index contributed by atoms with van der Waals surface area (Å²) in [5, 5.41) is 19.3. The van der Waals surface area contributed by atoms with Gasteiger partial charge in [-0.1, -0.05) is 12.1 Å². The molecule has 0 spiro atoms. The van der Waals surface area contributed by atoms with E-state index in [1.807, 2.05) is 0 Å². The summed E-state index contributed by atoms with van der Waals surface area (Å²) in [4.78, 5) is 22.2. The van der Waals surface area contributed by atoms with Crippen LogP contribution < -0.4 is 4.74 Å².